The molecule has 3 rings (SSSR count). The van der Waals surface area contributed by atoms with E-state index in [0.717, 1.165) is 30.1 Å². The predicted molar refractivity (Wildman–Crippen MR) is 94.0 cm³/mol. The Bertz CT molecular complexity index is 457. The first-order chi connectivity index (χ1) is 10.8. The van der Waals surface area contributed by atoms with Gasteiger partial charge < -0.3 is 4.74 Å². The Morgan fingerprint density at radius 3 is 2.48 bits per heavy atom. The van der Waals surface area contributed by atoms with Crippen LogP contribution < -0.4 is 0 Å². The second-order valence-electron chi connectivity index (χ2n) is 9.58. The predicted octanol–water partition coefficient (Wildman–Crippen LogP) is 5.45. The van der Waals surface area contributed by atoms with Crippen molar-refractivity contribution in [1.82, 2.24) is 0 Å². The van der Waals surface area contributed by atoms with E-state index in [4.69, 9.17) is 4.74 Å². The van der Waals surface area contributed by atoms with Crippen LogP contribution in [0.5, 0.6) is 0 Å². The Morgan fingerprint density at radius 1 is 1.09 bits per heavy atom. The molecule has 0 aromatic carbocycles. The Morgan fingerprint density at radius 2 is 1.83 bits per heavy atom. The molecule has 0 spiro atoms. The molecule has 3 aliphatic rings. The third kappa shape index (κ3) is 2.65. The van der Waals surface area contributed by atoms with E-state index in [1.807, 2.05) is 0 Å². The van der Waals surface area contributed by atoms with Gasteiger partial charge in [-0.25, -0.2) is 0 Å². The van der Waals surface area contributed by atoms with Gasteiger partial charge in [-0.1, -0.05) is 27.2 Å². The maximum Gasteiger partial charge on any atom is 0.311 e. The Balaban J connectivity index is 1.85. The van der Waals surface area contributed by atoms with Gasteiger partial charge in [0, 0.05) is 0 Å². The molecule has 3 aliphatic carbocycles. The smallest absolute Gasteiger partial charge is 0.311 e. The van der Waals surface area contributed by atoms with E-state index in [0.29, 0.717) is 11.3 Å². The quantitative estimate of drug-likeness (QED) is 0.632. The summed E-state index contributed by atoms with van der Waals surface area (Å²) in [6.45, 7) is 9.51. The van der Waals surface area contributed by atoms with Crippen molar-refractivity contribution < 1.29 is 9.53 Å². The maximum atomic E-state index is 12.6. The lowest BCUT2D eigenvalue weighted by Gasteiger charge is -2.61. The zero-order valence-electron chi connectivity index (χ0n) is 15.9. The molecule has 23 heavy (non-hydrogen) atoms. The van der Waals surface area contributed by atoms with Gasteiger partial charge in [0.2, 0.25) is 0 Å². The number of hydrogen-bond donors (Lipinski definition) is 0. The van der Waals surface area contributed by atoms with Gasteiger partial charge in [0.05, 0.1) is 12.5 Å². The molecular formula is C21H36O2. The number of hydrogen-bond acceptors (Lipinski definition) is 2. The molecule has 0 heterocycles. The highest BCUT2D eigenvalue weighted by atomic mass is 16.5. The third-order valence-electron chi connectivity index (χ3n) is 8.27. The number of carbonyl (C=O) groups excluding carboxylic acids is 1. The third-order valence-corrected chi connectivity index (χ3v) is 8.27. The molecule has 3 fully saturated rings. The zero-order chi connectivity index (χ0) is 16.8. The summed E-state index contributed by atoms with van der Waals surface area (Å²) in [4.78, 5) is 12.6. The van der Waals surface area contributed by atoms with Gasteiger partial charge >= 0.3 is 5.97 Å². The number of fused-ring (bicyclic) bond motifs is 3. The molecule has 3 saturated carbocycles. The first-order valence-electron chi connectivity index (χ1n) is 9.91. The number of rotatable bonds is 2. The average molecular weight is 321 g/mol. The minimum atomic E-state index is -0.248. The first-order valence-corrected chi connectivity index (χ1v) is 9.91. The largest absolute Gasteiger partial charge is 0.469 e. The molecule has 0 aromatic heterocycles. The van der Waals surface area contributed by atoms with Crippen LogP contribution in [0.3, 0.4) is 0 Å². The summed E-state index contributed by atoms with van der Waals surface area (Å²) in [5.74, 6) is 4.05. The Labute approximate surface area is 142 Å². The first kappa shape index (κ1) is 17.3. The van der Waals surface area contributed by atoms with Crippen LogP contribution in [0.25, 0.3) is 0 Å². The number of ether oxygens (including phenoxy) is 1. The van der Waals surface area contributed by atoms with Crippen molar-refractivity contribution in [3.05, 3.63) is 0 Å². The summed E-state index contributed by atoms with van der Waals surface area (Å²) in [6, 6.07) is 0. The van der Waals surface area contributed by atoms with E-state index in [9.17, 15) is 4.79 Å². The maximum absolute atomic E-state index is 12.6. The summed E-state index contributed by atoms with van der Waals surface area (Å²) in [7, 11) is 1.57. The van der Waals surface area contributed by atoms with Crippen molar-refractivity contribution in [3.63, 3.8) is 0 Å². The molecule has 0 saturated heterocycles. The highest BCUT2D eigenvalue weighted by Gasteiger charge is 2.59. The lowest BCUT2D eigenvalue weighted by Crippen LogP contribution is -2.56. The second-order valence-corrected chi connectivity index (χ2v) is 9.58. The van der Waals surface area contributed by atoms with E-state index in [2.05, 4.69) is 27.7 Å². The van der Waals surface area contributed by atoms with Crippen LogP contribution in [-0.4, -0.2) is 13.1 Å². The summed E-state index contributed by atoms with van der Waals surface area (Å²) >= 11 is 0. The van der Waals surface area contributed by atoms with Gasteiger partial charge in [-0.2, -0.15) is 0 Å². The SMILES string of the molecule is COC(=O)[C@]1(C)CCC[C@@]2(C)C1CCC1CC(C(C)C)CC[C@@H]12. The van der Waals surface area contributed by atoms with Crippen molar-refractivity contribution in [2.75, 3.05) is 7.11 Å². The molecule has 2 heteroatoms. The standard InChI is InChI=1S/C21H36O2/c1-14(2)15-7-9-17-16(13-15)8-10-18-20(17,3)11-6-12-21(18,4)19(22)23-5/h14-18H,6-13H2,1-5H3/t15?,16?,17-,18?,20+,21+/m0/s1. The lowest BCUT2D eigenvalue weighted by atomic mass is 9.43. The van der Waals surface area contributed by atoms with Crippen LogP contribution >= 0.6 is 0 Å². The number of esters is 1. The van der Waals surface area contributed by atoms with E-state index in [1.165, 1.54) is 44.9 Å². The van der Waals surface area contributed by atoms with Crippen LogP contribution in [-0.2, 0) is 9.53 Å². The zero-order valence-corrected chi connectivity index (χ0v) is 15.9. The van der Waals surface area contributed by atoms with Gasteiger partial charge in [0.15, 0.2) is 0 Å². The van der Waals surface area contributed by atoms with Crippen LogP contribution in [0.1, 0.15) is 79.1 Å². The summed E-state index contributed by atoms with van der Waals surface area (Å²) in [6.07, 6.45) is 10.3. The molecule has 0 N–H and O–H groups in total. The van der Waals surface area contributed by atoms with E-state index in [1.54, 1.807) is 7.11 Å². The summed E-state index contributed by atoms with van der Waals surface area (Å²) in [5.41, 5.74) is 0.105. The highest BCUT2D eigenvalue weighted by molar-refractivity contribution is 5.77. The molecular weight excluding hydrogens is 284 g/mol. The fourth-order valence-corrected chi connectivity index (χ4v) is 6.96. The summed E-state index contributed by atoms with van der Waals surface area (Å²) in [5, 5.41) is 0. The fraction of sp³-hybridized carbons (Fsp3) is 0.952. The number of carbonyl (C=O) groups is 1. The second kappa shape index (κ2) is 6.08. The van der Waals surface area contributed by atoms with Crippen LogP contribution in [0, 0.1) is 40.4 Å². The molecule has 132 valence electrons. The monoisotopic (exact) mass is 320 g/mol. The van der Waals surface area contributed by atoms with Crippen LogP contribution in [0.2, 0.25) is 0 Å². The molecule has 2 nitrogen and oxygen atoms in total. The van der Waals surface area contributed by atoms with Crippen molar-refractivity contribution in [3.8, 4) is 0 Å². The molecule has 6 atom stereocenters. The van der Waals surface area contributed by atoms with Gasteiger partial charge in [-0.15, -0.1) is 0 Å². The van der Waals surface area contributed by atoms with E-state index in [-0.39, 0.29) is 11.4 Å². The normalized spacial score (nSPS) is 46.9. The fourth-order valence-electron chi connectivity index (χ4n) is 6.96. The topological polar surface area (TPSA) is 26.3 Å². The van der Waals surface area contributed by atoms with E-state index >= 15 is 0 Å². The number of methoxy groups -OCH3 is 1. The Kier molecular flexibility index (Phi) is 4.57. The van der Waals surface area contributed by atoms with Crippen molar-refractivity contribution in [2.45, 2.75) is 79.1 Å². The molecule has 0 radical (unpaired) electrons. The molecule has 0 aliphatic heterocycles. The molecule has 3 unspecified atom stereocenters. The van der Waals surface area contributed by atoms with Gasteiger partial charge in [0.25, 0.3) is 0 Å². The van der Waals surface area contributed by atoms with E-state index < -0.39 is 0 Å². The van der Waals surface area contributed by atoms with Gasteiger partial charge in [0.1, 0.15) is 0 Å². The van der Waals surface area contributed by atoms with Crippen molar-refractivity contribution in [1.29, 1.82) is 0 Å². The van der Waals surface area contributed by atoms with Crippen molar-refractivity contribution >= 4 is 5.97 Å². The summed E-state index contributed by atoms with van der Waals surface area (Å²) < 4.78 is 5.23. The molecule has 0 bridgehead atoms. The minimum Gasteiger partial charge on any atom is -0.469 e. The van der Waals surface area contributed by atoms with Crippen molar-refractivity contribution in [2.24, 2.45) is 40.4 Å². The Hall–Kier alpha value is -0.530. The van der Waals surface area contributed by atoms with Gasteiger partial charge in [-0.3, -0.25) is 4.79 Å². The molecule has 0 aromatic rings. The van der Waals surface area contributed by atoms with Crippen LogP contribution in [0.4, 0.5) is 0 Å². The molecule has 0 amide bonds. The minimum absolute atomic E-state index is 0.0442. The lowest BCUT2D eigenvalue weighted by molar-refractivity contribution is -0.176. The average Bonchev–Trinajstić information content (AvgIpc) is 2.53. The van der Waals surface area contributed by atoms with Crippen LogP contribution in [0.15, 0.2) is 0 Å². The highest BCUT2D eigenvalue weighted by Crippen LogP contribution is 2.64. The van der Waals surface area contributed by atoms with Gasteiger partial charge in [-0.05, 0) is 86.9 Å².